The molecule has 2 rings (SSSR count). The van der Waals surface area contributed by atoms with Crippen molar-refractivity contribution < 1.29 is 13.9 Å². The second-order valence-corrected chi connectivity index (χ2v) is 5.31. The van der Waals surface area contributed by atoms with Crippen molar-refractivity contribution in [1.29, 1.82) is 0 Å². The van der Waals surface area contributed by atoms with Gasteiger partial charge in [0.1, 0.15) is 16.2 Å². The van der Waals surface area contributed by atoms with E-state index in [2.05, 4.69) is 15.9 Å². The maximum Gasteiger partial charge on any atom is 0.336 e. The van der Waals surface area contributed by atoms with E-state index < -0.39 is 5.63 Å². The molecule has 5 heteroatoms. The SMILES string of the molecule is CCC(Br)C(=O)Oc1ccc2c(C)cc(=O)oc2c1. The lowest BCUT2D eigenvalue weighted by molar-refractivity contribution is -0.133. The molecular weight excluding hydrogens is 312 g/mol. The summed E-state index contributed by atoms with van der Waals surface area (Å²) in [5.74, 6) is 0.000926. The molecule has 0 aliphatic carbocycles. The third-order valence-electron chi connectivity index (χ3n) is 2.76. The molecule has 1 unspecified atom stereocenters. The van der Waals surface area contributed by atoms with Crippen molar-refractivity contribution in [1.82, 2.24) is 0 Å². The number of rotatable bonds is 3. The molecule has 0 bridgehead atoms. The van der Waals surface area contributed by atoms with Crippen LogP contribution in [0.1, 0.15) is 18.9 Å². The molecule has 0 fully saturated rings. The smallest absolute Gasteiger partial charge is 0.336 e. The van der Waals surface area contributed by atoms with E-state index in [4.69, 9.17) is 9.15 Å². The quantitative estimate of drug-likeness (QED) is 0.376. The minimum Gasteiger partial charge on any atom is -0.426 e. The molecule has 1 aromatic carbocycles. The molecule has 0 amide bonds. The predicted octanol–water partition coefficient (Wildman–Crippen LogP) is 3.18. The molecule has 4 nitrogen and oxygen atoms in total. The van der Waals surface area contributed by atoms with Crippen LogP contribution in [0.2, 0.25) is 0 Å². The Morgan fingerprint density at radius 2 is 2.16 bits per heavy atom. The monoisotopic (exact) mass is 324 g/mol. The van der Waals surface area contributed by atoms with E-state index >= 15 is 0 Å². The minimum absolute atomic E-state index is 0.340. The standard InChI is InChI=1S/C14H13BrO4/c1-3-11(15)14(17)18-9-4-5-10-8(2)6-13(16)19-12(10)7-9/h4-7,11H,3H2,1-2H3. The average Bonchev–Trinajstić information content (AvgIpc) is 2.36. The van der Waals surface area contributed by atoms with E-state index in [1.165, 1.54) is 6.07 Å². The summed E-state index contributed by atoms with van der Waals surface area (Å²) in [6, 6.07) is 6.44. The van der Waals surface area contributed by atoms with E-state index in [1.807, 2.05) is 13.8 Å². The summed E-state index contributed by atoms with van der Waals surface area (Å²) in [4.78, 5) is 22.6. The fourth-order valence-electron chi connectivity index (χ4n) is 1.72. The number of carbonyl (C=O) groups is 1. The lowest BCUT2D eigenvalue weighted by Gasteiger charge is -2.08. The van der Waals surface area contributed by atoms with Gasteiger partial charge in [0.15, 0.2) is 0 Å². The third-order valence-corrected chi connectivity index (χ3v) is 3.78. The summed E-state index contributed by atoms with van der Waals surface area (Å²) in [5.41, 5.74) is 0.828. The summed E-state index contributed by atoms with van der Waals surface area (Å²) in [6.45, 7) is 3.71. The van der Waals surface area contributed by atoms with Gasteiger partial charge in [-0.1, -0.05) is 22.9 Å². The summed E-state index contributed by atoms with van der Waals surface area (Å²) in [6.07, 6.45) is 0.639. The first-order chi connectivity index (χ1) is 9.01. The third kappa shape index (κ3) is 3.04. The lowest BCUT2D eigenvalue weighted by Crippen LogP contribution is -2.19. The lowest BCUT2D eigenvalue weighted by atomic mass is 10.1. The van der Waals surface area contributed by atoms with Gasteiger partial charge in [-0.05, 0) is 31.0 Å². The van der Waals surface area contributed by atoms with Crippen molar-refractivity contribution in [2.75, 3.05) is 0 Å². The number of ether oxygens (including phenoxy) is 1. The number of alkyl halides is 1. The zero-order chi connectivity index (χ0) is 14.0. The van der Waals surface area contributed by atoms with E-state index in [1.54, 1.807) is 18.2 Å². The Morgan fingerprint density at radius 1 is 1.42 bits per heavy atom. The van der Waals surface area contributed by atoms with Crippen molar-refractivity contribution in [2.45, 2.75) is 25.1 Å². The Hall–Kier alpha value is -1.62. The fraction of sp³-hybridized carbons (Fsp3) is 0.286. The van der Waals surface area contributed by atoms with Crippen LogP contribution < -0.4 is 10.4 Å². The van der Waals surface area contributed by atoms with E-state index in [0.717, 1.165) is 10.9 Å². The Kier molecular flexibility index (Phi) is 4.04. The van der Waals surface area contributed by atoms with Gasteiger partial charge in [-0.25, -0.2) is 4.79 Å². The van der Waals surface area contributed by atoms with Gasteiger partial charge >= 0.3 is 11.6 Å². The Balaban J connectivity index is 2.37. The van der Waals surface area contributed by atoms with Gasteiger partial charge in [0.25, 0.3) is 0 Å². The fourth-order valence-corrected chi connectivity index (χ4v) is 1.81. The van der Waals surface area contributed by atoms with Gasteiger partial charge in [0.2, 0.25) is 0 Å². The van der Waals surface area contributed by atoms with Crippen LogP contribution in [0.15, 0.2) is 33.5 Å². The summed E-state index contributed by atoms with van der Waals surface area (Å²) in [5, 5.41) is 0.824. The molecule has 0 saturated heterocycles. The zero-order valence-corrected chi connectivity index (χ0v) is 12.2. The highest BCUT2D eigenvalue weighted by Gasteiger charge is 2.15. The molecule has 2 aromatic rings. The molecule has 0 radical (unpaired) electrons. The maximum absolute atomic E-state index is 11.7. The van der Waals surface area contributed by atoms with Crippen LogP contribution in [0.25, 0.3) is 11.0 Å². The highest BCUT2D eigenvalue weighted by molar-refractivity contribution is 9.10. The highest BCUT2D eigenvalue weighted by Crippen LogP contribution is 2.23. The van der Waals surface area contributed by atoms with Crippen LogP contribution in [-0.2, 0) is 4.79 Å². The van der Waals surface area contributed by atoms with Crippen LogP contribution in [0.3, 0.4) is 0 Å². The van der Waals surface area contributed by atoms with Gasteiger partial charge < -0.3 is 9.15 Å². The molecule has 0 N–H and O–H groups in total. The van der Waals surface area contributed by atoms with Gasteiger partial charge in [0, 0.05) is 17.5 Å². The highest BCUT2D eigenvalue weighted by atomic mass is 79.9. The number of carbonyl (C=O) groups excluding carboxylic acids is 1. The number of halogens is 1. The van der Waals surface area contributed by atoms with E-state index in [-0.39, 0.29) is 10.8 Å². The Bertz CT molecular complexity index is 675. The molecule has 0 saturated carbocycles. The Morgan fingerprint density at radius 3 is 2.84 bits per heavy atom. The van der Waals surface area contributed by atoms with Crippen LogP contribution in [0.4, 0.5) is 0 Å². The first kappa shape index (κ1) is 13.8. The van der Waals surface area contributed by atoms with Crippen LogP contribution in [0, 0.1) is 6.92 Å². The van der Waals surface area contributed by atoms with Crippen molar-refractivity contribution in [3.05, 3.63) is 40.2 Å². The molecule has 0 aliphatic rings. The average molecular weight is 325 g/mol. The van der Waals surface area contributed by atoms with Gasteiger partial charge in [-0.15, -0.1) is 0 Å². The predicted molar refractivity (Wildman–Crippen MR) is 75.9 cm³/mol. The number of benzene rings is 1. The minimum atomic E-state index is -0.416. The number of hydrogen-bond donors (Lipinski definition) is 0. The van der Waals surface area contributed by atoms with Crippen LogP contribution in [-0.4, -0.2) is 10.8 Å². The number of fused-ring (bicyclic) bond motifs is 1. The second-order valence-electron chi connectivity index (χ2n) is 4.20. The van der Waals surface area contributed by atoms with Crippen LogP contribution in [0.5, 0.6) is 5.75 Å². The summed E-state index contributed by atoms with van der Waals surface area (Å²) in [7, 11) is 0. The Labute approximate surface area is 118 Å². The van der Waals surface area contributed by atoms with Gasteiger partial charge in [0.05, 0.1) is 0 Å². The first-order valence-electron chi connectivity index (χ1n) is 5.91. The molecule has 19 heavy (non-hydrogen) atoms. The number of hydrogen-bond acceptors (Lipinski definition) is 4. The van der Waals surface area contributed by atoms with Crippen molar-refractivity contribution in [3.63, 3.8) is 0 Å². The zero-order valence-electron chi connectivity index (χ0n) is 10.6. The first-order valence-corrected chi connectivity index (χ1v) is 6.83. The van der Waals surface area contributed by atoms with Gasteiger partial charge in [-0.3, -0.25) is 4.79 Å². The maximum atomic E-state index is 11.7. The van der Waals surface area contributed by atoms with E-state index in [9.17, 15) is 9.59 Å². The molecule has 0 aliphatic heterocycles. The summed E-state index contributed by atoms with van der Waals surface area (Å²) >= 11 is 3.22. The summed E-state index contributed by atoms with van der Waals surface area (Å²) < 4.78 is 10.3. The van der Waals surface area contributed by atoms with Crippen molar-refractivity contribution in [3.8, 4) is 5.75 Å². The topological polar surface area (TPSA) is 56.5 Å². The normalized spacial score (nSPS) is 12.4. The molecule has 100 valence electrons. The molecular formula is C14H13BrO4. The van der Waals surface area contributed by atoms with Crippen molar-refractivity contribution >= 4 is 32.9 Å². The van der Waals surface area contributed by atoms with E-state index in [0.29, 0.717) is 17.8 Å². The molecule has 0 spiro atoms. The molecule has 1 heterocycles. The largest absolute Gasteiger partial charge is 0.426 e. The molecule has 1 atom stereocenters. The number of aryl methyl sites for hydroxylation is 1. The van der Waals surface area contributed by atoms with Gasteiger partial charge in [-0.2, -0.15) is 0 Å². The van der Waals surface area contributed by atoms with Crippen molar-refractivity contribution in [2.24, 2.45) is 0 Å². The van der Waals surface area contributed by atoms with Crippen LogP contribution >= 0.6 is 15.9 Å². The number of esters is 1. The second kappa shape index (κ2) is 5.57. The molecule has 1 aromatic heterocycles.